The van der Waals surface area contributed by atoms with Gasteiger partial charge in [0.15, 0.2) is 0 Å². The van der Waals surface area contributed by atoms with E-state index in [2.05, 4.69) is 12.2 Å². The van der Waals surface area contributed by atoms with Crippen LogP contribution < -0.4 is 5.32 Å². The first kappa shape index (κ1) is 14.3. The zero-order valence-corrected chi connectivity index (χ0v) is 12.1. The summed E-state index contributed by atoms with van der Waals surface area (Å²) in [4.78, 5) is 25.9. The van der Waals surface area contributed by atoms with Crippen molar-refractivity contribution >= 4 is 11.9 Å². The maximum absolute atomic E-state index is 12.6. The Labute approximate surface area is 114 Å². The van der Waals surface area contributed by atoms with E-state index in [9.17, 15) is 9.59 Å². The molecule has 19 heavy (non-hydrogen) atoms. The normalized spacial score (nSPS) is 31.4. The summed E-state index contributed by atoms with van der Waals surface area (Å²) < 4.78 is 5.43. The molecule has 1 saturated carbocycles. The van der Waals surface area contributed by atoms with E-state index in [0.717, 1.165) is 25.7 Å². The number of hydrogen-bond donors (Lipinski definition) is 1. The van der Waals surface area contributed by atoms with Crippen molar-refractivity contribution in [1.29, 1.82) is 0 Å². The number of nitrogens with one attached hydrogen (secondary N) is 1. The lowest BCUT2D eigenvalue weighted by Crippen LogP contribution is -2.54. The summed E-state index contributed by atoms with van der Waals surface area (Å²) in [7, 11) is 0. The molecule has 0 unspecified atom stereocenters. The van der Waals surface area contributed by atoms with Gasteiger partial charge in [-0.15, -0.1) is 0 Å². The van der Waals surface area contributed by atoms with Gasteiger partial charge in [0, 0.05) is 0 Å². The number of amides is 3. The molecule has 0 aromatic carbocycles. The SMILES string of the molecule is CC(C)OCCN1C(=O)N[C@@]2(CCCC[C@@H]2C)C1=O. The topological polar surface area (TPSA) is 58.6 Å². The van der Waals surface area contributed by atoms with Crippen molar-refractivity contribution in [3.8, 4) is 0 Å². The average molecular weight is 268 g/mol. The van der Waals surface area contributed by atoms with Crippen molar-refractivity contribution in [3.63, 3.8) is 0 Å². The van der Waals surface area contributed by atoms with Crippen LogP contribution in [0.5, 0.6) is 0 Å². The minimum Gasteiger partial charge on any atom is -0.377 e. The van der Waals surface area contributed by atoms with Gasteiger partial charge in [0.1, 0.15) is 5.54 Å². The zero-order chi connectivity index (χ0) is 14.0. The van der Waals surface area contributed by atoms with Gasteiger partial charge in [-0.25, -0.2) is 4.79 Å². The molecule has 1 N–H and O–H groups in total. The summed E-state index contributed by atoms with van der Waals surface area (Å²) in [5.74, 6) is 0.158. The minimum absolute atomic E-state index is 0.0583. The monoisotopic (exact) mass is 268 g/mol. The highest BCUT2D eigenvalue weighted by Gasteiger charge is 2.54. The molecule has 3 amide bonds. The average Bonchev–Trinajstić information content (AvgIpc) is 2.58. The van der Waals surface area contributed by atoms with E-state index < -0.39 is 5.54 Å². The van der Waals surface area contributed by atoms with E-state index in [0.29, 0.717) is 13.2 Å². The van der Waals surface area contributed by atoms with Gasteiger partial charge in [0.2, 0.25) is 0 Å². The van der Waals surface area contributed by atoms with Crippen LogP contribution in [0.4, 0.5) is 4.79 Å². The van der Waals surface area contributed by atoms with Gasteiger partial charge in [-0.2, -0.15) is 0 Å². The van der Waals surface area contributed by atoms with Gasteiger partial charge in [-0.3, -0.25) is 9.69 Å². The summed E-state index contributed by atoms with van der Waals surface area (Å²) in [6, 6.07) is -0.258. The van der Waals surface area contributed by atoms with E-state index in [4.69, 9.17) is 4.74 Å². The minimum atomic E-state index is -0.646. The van der Waals surface area contributed by atoms with E-state index in [1.165, 1.54) is 4.90 Å². The molecule has 1 saturated heterocycles. The molecule has 1 spiro atoms. The van der Waals surface area contributed by atoms with E-state index in [1.54, 1.807) is 0 Å². The standard InChI is InChI=1S/C14H24N2O3/c1-10(2)19-9-8-16-12(17)14(15-13(16)18)7-5-4-6-11(14)3/h10-11H,4-9H2,1-3H3,(H,15,18)/t11-,14+/m0/s1. The highest BCUT2D eigenvalue weighted by molar-refractivity contribution is 6.07. The predicted molar refractivity (Wildman–Crippen MR) is 71.7 cm³/mol. The van der Waals surface area contributed by atoms with Gasteiger partial charge in [-0.1, -0.05) is 19.8 Å². The number of carbonyl (C=O) groups is 2. The highest BCUT2D eigenvalue weighted by atomic mass is 16.5. The van der Waals surface area contributed by atoms with Crippen molar-refractivity contribution in [3.05, 3.63) is 0 Å². The number of rotatable bonds is 4. The van der Waals surface area contributed by atoms with Crippen molar-refractivity contribution in [2.75, 3.05) is 13.2 Å². The van der Waals surface area contributed by atoms with Gasteiger partial charge >= 0.3 is 6.03 Å². The Morgan fingerprint density at radius 3 is 2.79 bits per heavy atom. The molecule has 2 atom stereocenters. The maximum atomic E-state index is 12.6. The number of ether oxygens (including phenoxy) is 1. The second kappa shape index (κ2) is 5.49. The molecule has 1 aliphatic carbocycles. The second-order valence-corrected chi connectivity index (χ2v) is 5.92. The Morgan fingerprint density at radius 2 is 2.16 bits per heavy atom. The molecule has 2 fully saturated rings. The highest BCUT2D eigenvalue weighted by Crippen LogP contribution is 2.38. The van der Waals surface area contributed by atoms with Gasteiger partial charge < -0.3 is 10.1 Å². The first-order chi connectivity index (χ1) is 8.97. The van der Waals surface area contributed by atoms with Crippen LogP contribution >= 0.6 is 0 Å². The largest absolute Gasteiger partial charge is 0.377 e. The number of urea groups is 1. The molecule has 0 radical (unpaired) electrons. The Morgan fingerprint density at radius 1 is 1.42 bits per heavy atom. The van der Waals surface area contributed by atoms with Crippen LogP contribution in [0.15, 0.2) is 0 Å². The summed E-state index contributed by atoms with van der Waals surface area (Å²) in [6.07, 6.45) is 4.03. The molecule has 2 rings (SSSR count). The van der Waals surface area contributed by atoms with Crippen molar-refractivity contribution in [2.24, 2.45) is 5.92 Å². The first-order valence-electron chi connectivity index (χ1n) is 7.23. The van der Waals surface area contributed by atoms with Crippen LogP contribution in [0, 0.1) is 5.92 Å². The number of hydrogen-bond acceptors (Lipinski definition) is 3. The van der Waals surface area contributed by atoms with Crippen molar-refractivity contribution < 1.29 is 14.3 Å². The zero-order valence-electron chi connectivity index (χ0n) is 12.1. The summed E-state index contributed by atoms with van der Waals surface area (Å²) in [6.45, 7) is 6.69. The number of nitrogens with zero attached hydrogens (tertiary/aromatic N) is 1. The summed E-state index contributed by atoms with van der Waals surface area (Å²) in [5, 5.41) is 2.94. The third-order valence-corrected chi connectivity index (χ3v) is 4.27. The molecule has 0 bridgehead atoms. The number of carbonyl (C=O) groups excluding carboxylic acids is 2. The third kappa shape index (κ3) is 2.61. The summed E-state index contributed by atoms with van der Waals surface area (Å²) >= 11 is 0. The lowest BCUT2D eigenvalue weighted by atomic mass is 9.73. The van der Waals surface area contributed by atoms with Crippen molar-refractivity contribution in [2.45, 2.75) is 58.1 Å². The Kier molecular flexibility index (Phi) is 4.13. The predicted octanol–water partition coefficient (Wildman–Crippen LogP) is 1.91. The summed E-state index contributed by atoms with van der Waals surface area (Å²) in [5.41, 5.74) is -0.646. The molecular weight excluding hydrogens is 244 g/mol. The quantitative estimate of drug-likeness (QED) is 0.792. The van der Waals surface area contributed by atoms with Crippen LogP contribution in [0.25, 0.3) is 0 Å². The molecular formula is C14H24N2O3. The molecule has 2 aliphatic rings. The van der Waals surface area contributed by atoms with E-state index in [1.807, 2.05) is 13.8 Å². The van der Waals surface area contributed by atoms with Crippen LogP contribution in [0.1, 0.15) is 46.5 Å². The van der Waals surface area contributed by atoms with E-state index in [-0.39, 0.29) is 24.0 Å². The fraction of sp³-hybridized carbons (Fsp3) is 0.857. The maximum Gasteiger partial charge on any atom is 0.325 e. The number of imide groups is 1. The molecule has 0 aromatic heterocycles. The molecule has 5 nitrogen and oxygen atoms in total. The van der Waals surface area contributed by atoms with Crippen molar-refractivity contribution in [1.82, 2.24) is 10.2 Å². The Bertz CT molecular complexity index is 370. The van der Waals surface area contributed by atoms with Gasteiger partial charge in [0.25, 0.3) is 5.91 Å². The second-order valence-electron chi connectivity index (χ2n) is 5.92. The molecule has 108 valence electrons. The van der Waals surface area contributed by atoms with E-state index >= 15 is 0 Å². The molecule has 0 aromatic rings. The fourth-order valence-corrected chi connectivity index (χ4v) is 3.08. The molecule has 5 heteroatoms. The van der Waals surface area contributed by atoms with Gasteiger partial charge in [-0.05, 0) is 32.6 Å². The van der Waals surface area contributed by atoms with Crippen LogP contribution in [-0.2, 0) is 9.53 Å². The smallest absolute Gasteiger partial charge is 0.325 e. The first-order valence-corrected chi connectivity index (χ1v) is 7.23. The molecule has 1 heterocycles. The molecule has 1 aliphatic heterocycles. The lowest BCUT2D eigenvalue weighted by molar-refractivity contribution is -0.134. The van der Waals surface area contributed by atoms with Crippen LogP contribution in [0.3, 0.4) is 0 Å². The fourth-order valence-electron chi connectivity index (χ4n) is 3.08. The van der Waals surface area contributed by atoms with Crippen LogP contribution in [0.2, 0.25) is 0 Å². The van der Waals surface area contributed by atoms with Crippen LogP contribution in [-0.4, -0.2) is 41.6 Å². The van der Waals surface area contributed by atoms with Gasteiger partial charge in [0.05, 0.1) is 19.3 Å². The third-order valence-electron chi connectivity index (χ3n) is 4.27. The lowest BCUT2D eigenvalue weighted by Gasteiger charge is -2.36. The Hall–Kier alpha value is -1.10. The Balaban J connectivity index is 2.03.